The molecule has 10 atom stereocenters. The van der Waals surface area contributed by atoms with Crippen LogP contribution in [0.1, 0.15) is 145 Å². The van der Waals surface area contributed by atoms with E-state index in [0.29, 0.717) is 12.8 Å². The van der Waals surface area contributed by atoms with Gasteiger partial charge in [0.2, 0.25) is 8.32 Å². The molecule has 1 aliphatic heterocycles. The van der Waals surface area contributed by atoms with Gasteiger partial charge in [-0.3, -0.25) is 0 Å². The molecule has 5 aromatic rings. The first-order chi connectivity index (χ1) is 39.7. The summed E-state index contributed by atoms with van der Waals surface area (Å²) in [4.78, 5) is 0.138. The molecule has 14 heteroatoms. The van der Waals surface area contributed by atoms with Crippen LogP contribution in [0.25, 0.3) is 0 Å². The van der Waals surface area contributed by atoms with Crippen LogP contribution in [0.4, 0.5) is 0 Å². The highest BCUT2D eigenvalue weighted by molar-refractivity contribution is 7.92. The summed E-state index contributed by atoms with van der Waals surface area (Å²) in [6.07, 6.45) is -2.06. The van der Waals surface area contributed by atoms with Gasteiger partial charge in [-0.05, 0) is 141 Å². The van der Waals surface area contributed by atoms with Gasteiger partial charge in [0, 0.05) is 18.3 Å². The Morgan fingerprint density at radius 2 is 1.14 bits per heavy atom. The molecule has 0 aliphatic carbocycles. The molecule has 0 aromatic heterocycles. The van der Waals surface area contributed by atoms with E-state index in [4.69, 9.17) is 32.2 Å². The minimum absolute atomic E-state index is 0.00669. The van der Waals surface area contributed by atoms with Crippen molar-refractivity contribution < 1.29 is 45.7 Å². The molecule has 6 rings (SSSR count). The molecule has 2 unspecified atom stereocenters. The van der Waals surface area contributed by atoms with Gasteiger partial charge in [-0.1, -0.05) is 197 Å². The van der Waals surface area contributed by atoms with E-state index in [1.165, 1.54) is 0 Å². The molecule has 10 nitrogen and oxygen atoms in total. The van der Waals surface area contributed by atoms with E-state index in [1.807, 2.05) is 55.5 Å². The summed E-state index contributed by atoms with van der Waals surface area (Å²) < 4.78 is 81.6. The number of methoxy groups -OCH3 is 1. The molecule has 0 radical (unpaired) electrons. The van der Waals surface area contributed by atoms with Gasteiger partial charge in [0.05, 0.1) is 72.2 Å². The van der Waals surface area contributed by atoms with Crippen LogP contribution < -0.4 is 4.74 Å². The van der Waals surface area contributed by atoms with Crippen LogP contribution >= 0.6 is 0 Å². The third kappa shape index (κ3) is 16.5. The smallest absolute Gasteiger partial charge is 0.200 e. The number of hydrogen-bond donors (Lipinski definition) is 1. The van der Waals surface area contributed by atoms with Crippen molar-refractivity contribution in [2.24, 2.45) is 11.8 Å². The Balaban J connectivity index is 1.50. The van der Waals surface area contributed by atoms with Crippen molar-refractivity contribution in [1.82, 2.24) is 0 Å². The van der Waals surface area contributed by atoms with Crippen molar-refractivity contribution in [3.8, 4) is 5.75 Å². The second-order valence-corrected chi connectivity index (χ2v) is 45.2. The summed E-state index contributed by atoms with van der Waals surface area (Å²) >= 11 is 0. The Kier molecular flexibility index (Phi) is 23.8. The van der Waals surface area contributed by atoms with Gasteiger partial charge in [-0.25, -0.2) is 8.42 Å². The lowest BCUT2D eigenvalue weighted by molar-refractivity contribution is -0.149. The minimum atomic E-state index is -4.26. The van der Waals surface area contributed by atoms with E-state index in [9.17, 15) is 5.11 Å². The van der Waals surface area contributed by atoms with E-state index < -0.39 is 87.2 Å². The summed E-state index contributed by atoms with van der Waals surface area (Å²) in [6, 6.07) is 47.7. The van der Waals surface area contributed by atoms with Gasteiger partial charge in [0.25, 0.3) is 0 Å². The minimum Gasteiger partial charge on any atom is -0.497 e. The van der Waals surface area contributed by atoms with E-state index >= 15 is 8.42 Å². The van der Waals surface area contributed by atoms with Crippen LogP contribution in [-0.2, 0) is 49.5 Å². The maximum absolute atomic E-state index is 15.7. The highest BCUT2D eigenvalue weighted by Crippen LogP contribution is 2.49. The number of hydrogen-bond acceptors (Lipinski definition) is 10. The van der Waals surface area contributed by atoms with Gasteiger partial charge in [-0.15, -0.1) is 0 Å². The summed E-state index contributed by atoms with van der Waals surface area (Å²) in [6.45, 7) is 42.6. The Labute approximate surface area is 517 Å². The molecule has 0 saturated carbocycles. The molecule has 0 bridgehead atoms. The fraction of sp³-hybridized carbons (Fsp3) is 0.577. The van der Waals surface area contributed by atoms with E-state index in [2.05, 4.69) is 196 Å². The fourth-order valence-corrected chi connectivity index (χ4v) is 24.2. The van der Waals surface area contributed by atoms with Crippen molar-refractivity contribution >= 4 is 34.8 Å². The Morgan fingerprint density at radius 3 is 1.58 bits per heavy atom. The largest absolute Gasteiger partial charge is 0.497 e. The number of ether oxygens (including phenoxy) is 4. The zero-order valence-electron chi connectivity index (χ0n) is 55.5. The number of sulfone groups is 1. The highest BCUT2D eigenvalue weighted by Gasteiger charge is 2.55. The maximum atomic E-state index is 15.7. The standard InChI is InChI=1S/C71H108O10SSi3/c1-51(2)85(52(3)4,53(5)6)80-67(54(7)49-77-71(58-33-25-21-26-34-58,59-35-27-22-28-36-59)60-37-29-23-30-38-60)55(8)64(76-50-57-41-43-61(75-15)44-42-57)47-63(72)65(82(73,74)62-39-31-24-32-40-62)48-70(14,81-83(16,17)18)66-45-46-69(13,78-66)56(9)79-84(19,20)68(10,11)12/h21-44,51-56,63-67,72H,45-50H2,1-20H3/t54-,55+,56-,63?,64+,65?,66-,67-,69+,70+/m1/s1. The first kappa shape index (κ1) is 70.3. The molecule has 85 heavy (non-hydrogen) atoms. The predicted molar refractivity (Wildman–Crippen MR) is 357 cm³/mol. The van der Waals surface area contributed by atoms with Gasteiger partial charge in [0.15, 0.2) is 26.5 Å². The molecule has 0 amide bonds. The quantitative estimate of drug-likeness (QED) is 0.0339. The average Bonchev–Trinajstić information content (AvgIpc) is 4.14. The molecule has 5 aromatic carbocycles. The summed E-state index contributed by atoms with van der Waals surface area (Å²) in [5.74, 6) is 0.0788. The number of benzene rings is 5. The van der Waals surface area contributed by atoms with Crippen LogP contribution in [0.15, 0.2) is 150 Å². The van der Waals surface area contributed by atoms with Crippen molar-refractivity contribution in [3.05, 3.63) is 168 Å². The molecule has 1 saturated heterocycles. The molecule has 470 valence electrons. The molecule has 0 spiro atoms. The molecule has 1 aliphatic rings. The van der Waals surface area contributed by atoms with Crippen molar-refractivity contribution in [3.63, 3.8) is 0 Å². The Morgan fingerprint density at radius 1 is 0.671 bits per heavy atom. The van der Waals surface area contributed by atoms with Gasteiger partial charge >= 0.3 is 0 Å². The average molecular weight is 1240 g/mol. The van der Waals surface area contributed by atoms with E-state index in [-0.39, 0.29) is 64.6 Å². The third-order valence-electron chi connectivity index (χ3n) is 19.1. The number of rotatable bonds is 31. The van der Waals surface area contributed by atoms with Crippen molar-refractivity contribution in [2.75, 3.05) is 13.7 Å². The first-order valence-corrected chi connectivity index (χ1v) is 41.4. The molecule has 1 N–H and O–H groups in total. The Hall–Kier alpha value is -3.78. The second-order valence-electron chi connectivity index (χ2n) is 28.4. The second kappa shape index (κ2) is 28.8. The monoisotopic (exact) mass is 1240 g/mol. The Bertz CT molecular complexity index is 2800. The molecular weight excluding hydrogens is 1130 g/mol. The van der Waals surface area contributed by atoms with Crippen LogP contribution in [0.5, 0.6) is 5.75 Å². The third-order valence-corrected chi connectivity index (χ3v) is 33.0. The van der Waals surface area contributed by atoms with Gasteiger partial charge in [-0.2, -0.15) is 0 Å². The lowest BCUT2D eigenvalue weighted by Gasteiger charge is -2.49. The fourth-order valence-electron chi connectivity index (χ4n) is 13.4. The summed E-state index contributed by atoms with van der Waals surface area (Å²) in [7, 11) is -9.95. The lowest BCUT2D eigenvalue weighted by atomic mass is 9.79. The zero-order valence-corrected chi connectivity index (χ0v) is 59.3. The van der Waals surface area contributed by atoms with Crippen molar-refractivity contribution in [1.29, 1.82) is 0 Å². The predicted octanol–water partition coefficient (Wildman–Crippen LogP) is 17.4. The number of aliphatic hydroxyl groups is 1. The van der Waals surface area contributed by atoms with Crippen LogP contribution in [0.2, 0.25) is 54.4 Å². The van der Waals surface area contributed by atoms with Crippen LogP contribution in [-0.4, -0.2) is 99.2 Å². The molecular formula is C71H108O10SSi3. The zero-order chi connectivity index (χ0) is 63.0. The van der Waals surface area contributed by atoms with Gasteiger partial charge < -0.3 is 37.3 Å². The lowest BCUT2D eigenvalue weighted by Crippen LogP contribution is -2.56. The summed E-state index contributed by atoms with van der Waals surface area (Å²) in [5.41, 5.74) is 1.85. The highest BCUT2D eigenvalue weighted by atomic mass is 32.2. The normalized spacial score (nSPS) is 20.0. The molecule has 1 heterocycles. The molecule has 1 fully saturated rings. The SMILES string of the molecule is COc1ccc(CO[C@@H](CC(O)C(C[C@](C)(O[Si](C)(C)C)[C@H]2CC[C@@](C)([C@@H](C)O[Si](C)(C)C(C)(C)C)O2)S(=O)(=O)c2ccccc2)[C@H](C)[C@H](O[Si](C(C)C)(C(C)C)C(C)C)[C@H](C)COC(c2ccccc2)(c2ccccc2)c2ccccc2)cc1. The maximum Gasteiger partial charge on any atom is 0.200 e. The van der Waals surface area contributed by atoms with E-state index in [1.54, 1.807) is 31.4 Å². The number of aliphatic hydroxyl groups excluding tert-OH is 1. The van der Waals surface area contributed by atoms with Crippen LogP contribution in [0.3, 0.4) is 0 Å². The summed E-state index contributed by atoms with van der Waals surface area (Å²) in [5, 5.41) is 12.1. The van der Waals surface area contributed by atoms with E-state index in [0.717, 1.165) is 28.0 Å². The first-order valence-electron chi connectivity index (χ1n) is 31.4. The topological polar surface area (TPSA) is 119 Å². The van der Waals surface area contributed by atoms with Crippen LogP contribution in [0, 0.1) is 11.8 Å². The van der Waals surface area contributed by atoms with Gasteiger partial charge in [0.1, 0.15) is 11.4 Å². The van der Waals surface area contributed by atoms with Crippen molar-refractivity contribution in [2.45, 2.75) is 241 Å².